The Hall–Kier alpha value is -1.98. The molecule has 0 aliphatic carbocycles. The van der Waals surface area contributed by atoms with E-state index < -0.39 is 24.0 Å². The molecule has 0 saturated heterocycles. The number of hydrogen-bond acceptors (Lipinski definition) is 3. The van der Waals surface area contributed by atoms with E-state index >= 15 is 0 Å². The van der Waals surface area contributed by atoms with Gasteiger partial charge in [-0.1, -0.05) is 18.7 Å². The lowest BCUT2D eigenvalue weighted by molar-refractivity contribution is -0.137. The van der Waals surface area contributed by atoms with Crippen molar-refractivity contribution in [2.24, 2.45) is 0 Å². The van der Waals surface area contributed by atoms with Gasteiger partial charge in [-0.3, -0.25) is 0 Å². The molecule has 3 nitrogen and oxygen atoms in total. The van der Waals surface area contributed by atoms with Gasteiger partial charge in [0.05, 0.1) is 11.7 Å². The first kappa shape index (κ1) is 17.1. The standard InChI is InChI=1S/C15H17F3O3/c1-9(2)13(21-14(19)20-10(3)4)11-5-7-12(8-6-11)15(16,17)18/h5-8,10,13H,1H2,2-4H3. The highest BCUT2D eigenvalue weighted by molar-refractivity contribution is 5.61. The van der Waals surface area contributed by atoms with Crippen molar-refractivity contribution < 1.29 is 27.4 Å². The summed E-state index contributed by atoms with van der Waals surface area (Å²) in [4.78, 5) is 11.5. The second-order valence-corrected chi connectivity index (χ2v) is 4.88. The van der Waals surface area contributed by atoms with E-state index in [0.29, 0.717) is 11.1 Å². The average molecular weight is 302 g/mol. The maximum atomic E-state index is 12.5. The highest BCUT2D eigenvalue weighted by Gasteiger charge is 2.30. The van der Waals surface area contributed by atoms with E-state index in [1.54, 1.807) is 20.8 Å². The van der Waals surface area contributed by atoms with Crippen molar-refractivity contribution >= 4 is 6.16 Å². The number of ether oxygens (including phenoxy) is 2. The van der Waals surface area contributed by atoms with E-state index in [-0.39, 0.29) is 6.10 Å². The first-order chi connectivity index (χ1) is 9.61. The lowest BCUT2D eigenvalue weighted by Gasteiger charge is -2.19. The summed E-state index contributed by atoms with van der Waals surface area (Å²) in [6.45, 7) is 8.62. The molecule has 0 spiro atoms. The van der Waals surface area contributed by atoms with Crippen LogP contribution in [-0.2, 0) is 15.7 Å². The maximum Gasteiger partial charge on any atom is 0.509 e. The number of benzene rings is 1. The molecule has 0 amide bonds. The van der Waals surface area contributed by atoms with Crippen molar-refractivity contribution in [1.82, 2.24) is 0 Å². The second kappa shape index (κ2) is 6.65. The third kappa shape index (κ3) is 5.13. The maximum absolute atomic E-state index is 12.5. The van der Waals surface area contributed by atoms with Crippen LogP contribution in [0.4, 0.5) is 18.0 Å². The van der Waals surface area contributed by atoms with Crippen molar-refractivity contribution in [3.8, 4) is 0 Å². The molecular formula is C15H17F3O3. The largest absolute Gasteiger partial charge is 0.509 e. The van der Waals surface area contributed by atoms with Crippen LogP contribution < -0.4 is 0 Å². The summed E-state index contributed by atoms with van der Waals surface area (Å²) in [7, 11) is 0. The zero-order chi connectivity index (χ0) is 16.2. The van der Waals surface area contributed by atoms with Gasteiger partial charge in [0.2, 0.25) is 0 Å². The summed E-state index contributed by atoms with van der Waals surface area (Å²) in [5, 5.41) is 0. The zero-order valence-corrected chi connectivity index (χ0v) is 12.0. The molecule has 0 aliphatic rings. The molecule has 1 unspecified atom stereocenters. The lowest BCUT2D eigenvalue weighted by Crippen LogP contribution is -2.17. The van der Waals surface area contributed by atoms with Crippen LogP contribution >= 0.6 is 0 Å². The van der Waals surface area contributed by atoms with Gasteiger partial charge >= 0.3 is 12.3 Å². The third-order valence-electron chi connectivity index (χ3n) is 2.53. The van der Waals surface area contributed by atoms with E-state index in [1.807, 2.05) is 0 Å². The summed E-state index contributed by atoms with van der Waals surface area (Å²) in [5.41, 5.74) is 0.114. The summed E-state index contributed by atoms with van der Waals surface area (Å²) in [6.07, 6.45) is -6.50. The number of rotatable bonds is 4. The normalized spacial score (nSPS) is 12.9. The Bertz CT molecular complexity index is 504. The molecule has 0 N–H and O–H groups in total. The molecule has 0 fully saturated rings. The van der Waals surface area contributed by atoms with Crippen molar-refractivity contribution in [1.29, 1.82) is 0 Å². The van der Waals surface area contributed by atoms with Crippen LogP contribution in [0.2, 0.25) is 0 Å². The van der Waals surface area contributed by atoms with Crippen LogP contribution in [0.25, 0.3) is 0 Å². The zero-order valence-electron chi connectivity index (χ0n) is 12.0. The SMILES string of the molecule is C=C(C)C(OC(=O)OC(C)C)c1ccc(C(F)(F)F)cc1. The number of alkyl halides is 3. The molecular weight excluding hydrogens is 285 g/mol. The molecule has 0 aliphatic heterocycles. The monoisotopic (exact) mass is 302 g/mol. The number of hydrogen-bond donors (Lipinski definition) is 0. The predicted octanol–water partition coefficient (Wildman–Crippen LogP) is 4.88. The van der Waals surface area contributed by atoms with E-state index in [2.05, 4.69) is 6.58 Å². The Balaban J connectivity index is 2.91. The van der Waals surface area contributed by atoms with Gasteiger partial charge in [-0.15, -0.1) is 0 Å². The fourth-order valence-electron chi connectivity index (χ4n) is 1.62. The van der Waals surface area contributed by atoms with Gasteiger partial charge in [-0.25, -0.2) is 4.79 Å². The fraction of sp³-hybridized carbons (Fsp3) is 0.400. The summed E-state index contributed by atoms with van der Waals surface area (Å²) in [5.74, 6) is 0. The number of halogens is 3. The van der Waals surface area contributed by atoms with Gasteiger partial charge in [0, 0.05) is 0 Å². The van der Waals surface area contributed by atoms with Crippen molar-refractivity contribution in [2.45, 2.75) is 39.2 Å². The van der Waals surface area contributed by atoms with E-state index in [1.165, 1.54) is 12.1 Å². The van der Waals surface area contributed by atoms with Gasteiger partial charge < -0.3 is 9.47 Å². The first-order valence-electron chi connectivity index (χ1n) is 6.31. The van der Waals surface area contributed by atoms with Crippen LogP contribution in [0.15, 0.2) is 36.4 Å². The van der Waals surface area contributed by atoms with Gasteiger partial charge in [-0.2, -0.15) is 13.2 Å². The third-order valence-corrected chi connectivity index (χ3v) is 2.53. The minimum absolute atomic E-state index is 0.351. The van der Waals surface area contributed by atoms with Crippen LogP contribution in [0.1, 0.15) is 38.0 Å². The van der Waals surface area contributed by atoms with E-state index in [0.717, 1.165) is 12.1 Å². The molecule has 0 heterocycles. The van der Waals surface area contributed by atoms with Crippen LogP contribution in [0, 0.1) is 0 Å². The number of carbonyl (C=O) groups excluding carboxylic acids is 1. The van der Waals surface area contributed by atoms with Crippen molar-refractivity contribution in [3.05, 3.63) is 47.5 Å². The average Bonchev–Trinajstić information content (AvgIpc) is 2.34. The Labute approximate surface area is 121 Å². The Morgan fingerprint density at radius 3 is 2.05 bits per heavy atom. The van der Waals surface area contributed by atoms with E-state index in [4.69, 9.17) is 9.47 Å². The van der Waals surface area contributed by atoms with E-state index in [9.17, 15) is 18.0 Å². The molecule has 0 aromatic heterocycles. The van der Waals surface area contributed by atoms with Crippen LogP contribution in [0.3, 0.4) is 0 Å². The molecule has 21 heavy (non-hydrogen) atoms. The predicted molar refractivity (Wildman–Crippen MR) is 71.7 cm³/mol. The second-order valence-electron chi connectivity index (χ2n) is 4.88. The Morgan fingerprint density at radius 2 is 1.67 bits per heavy atom. The first-order valence-corrected chi connectivity index (χ1v) is 6.31. The Morgan fingerprint density at radius 1 is 1.14 bits per heavy atom. The highest BCUT2D eigenvalue weighted by atomic mass is 19.4. The highest BCUT2D eigenvalue weighted by Crippen LogP contribution is 2.32. The molecule has 0 radical (unpaired) electrons. The topological polar surface area (TPSA) is 35.5 Å². The molecule has 116 valence electrons. The van der Waals surface area contributed by atoms with Gasteiger partial charge in [0.15, 0.2) is 6.10 Å². The van der Waals surface area contributed by atoms with Gasteiger partial charge in [0.25, 0.3) is 0 Å². The molecule has 1 aromatic carbocycles. The molecule has 0 saturated carbocycles. The quantitative estimate of drug-likeness (QED) is 0.587. The summed E-state index contributed by atoms with van der Waals surface area (Å²) >= 11 is 0. The van der Waals surface area contributed by atoms with Crippen molar-refractivity contribution in [3.63, 3.8) is 0 Å². The summed E-state index contributed by atoms with van der Waals surface area (Å²) in [6, 6.07) is 4.38. The molecule has 6 heteroatoms. The van der Waals surface area contributed by atoms with Gasteiger partial charge in [-0.05, 0) is 44.0 Å². The Kier molecular flexibility index (Phi) is 5.41. The number of carbonyl (C=O) groups is 1. The molecule has 0 bridgehead atoms. The lowest BCUT2D eigenvalue weighted by atomic mass is 10.0. The summed E-state index contributed by atoms with van der Waals surface area (Å²) < 4.78 is 47.5. The smallest absolute Gasteiger partial charge is 0.432 e. The minimum Gasteiger partial charge on any atom is -0.432 e. The molecule has 1 atom stereocenters. The fourth-order valence-corrected chi connectivity index (χ4v) is 1.62. The van der Waals surface area contributed by atoms with Crippen LogP contribution in [0.5, 0.6) is 0 Å². The molecule has 1 rings (SSSR count). The minimum atomic E-state index is -4.41. The molecule has 1 aromatic rings. The van der Waals surface area contributed by atoms with Crippen LogP contribution in [-0.4, -0.2) is 12.3 Å². The van der Waals surface area contributed by atoms with Crippen molar-refractivity contribution in [2.75, 3.05) is 0 Å². The van der Waals surface area contributed by atoms with Gasteiger partial charge in [0.1, 0.15) is 0 Å².